The molecule has 0 N–H and O–H groups in total. The third-order valence-electron chi connectivity index (χ3n) is 8.53. The van der Waals surface area contributed by atoms with Gasteiger partial charge < -0.3 is 57.1 Å². The van der Waals surface area contributed by atoms with Gasteiger partial charge in [0.05, 0.1) is 21.8 Å². The summed E-state index contributed by atoms with van der Waals surface area (Å²) in [5, 5.41) is 5.51. The minimum atomic E-state index is 0. The zero-order valence-electron chi connectivity index (χ0n) is 24.4. The molecule has 0 radical (unpaired) electrons. The Morgan fingerprint density at radius 1 is 0.463 bits per heavy atom. The average Bonchev–Trinajstić information content (AvgIpc) is 3.48. The predicted molar refractivity (Wildman–Crippen MR) is 163 cm³/mol. The highest BCUT2D eigenvalue weighted by molar-refractivity contribution is 6.08. The number of hydrogen-bond donors (Lipinski definition) is 0. The lowest BCUT2D eigenvalue weighted by atomic mass is 10.1. The third kappa shape index (κ3) is 6.58. The molecule has 0 atom stereocenters. The molecule has 0 bridgehead atoms. The molecule has 6 heteroatoms. The zero-order valence-corrected chi connectivity index (χ0v) is 28.7. The lowest BCUT2D eigenvalue weighted by molar-refractivity contribution is -0.692. The van der Waals surface area contributed by atoms with Gasteiger partial charge in [0.2, 0.25) is 0 Å². The maximum absolute atomic E-state index is 2.54. The van der Waals surface area contributed by atoms with E-state index < -0.39 is 0 Å². The Morgan fingerprint density at radius 2 is 0.829 bits per heavy atom. The maximum Gasteiger partial charge on any atom is 0.178 e. The van der Waals surface area contributed by atoms with E-state index in [2.05, 4.69) is 118 Å². The number of aryl methyl sites for hydroxylation is 4. The standard InChI is InChI=1S/C35H42N4.2HI/c1-3-36-24-20-34-30(26-36)28-16-10-12-18-32(28)38(34)22-14-8-6-5-7-9-15-23-39-33-19-13-11-17-29(33)31-27-37(4-2)25-21-35(31)39;;/h10-13,16-21,24-27H,3-9,14-15,22-23H2,1-2H3;2*1H/q+2;;/p-2. The number of rotatable bonds is 12. The van der Waals surface area contributed by atoms with Crippen LogP contribution in [0, 0.1) is 0 Å². The summed E-state index contributed by atoms with van der Waals surface area (Å²) in [4.78, 5) is 0. The number of pyridine rings is 2. The molecule has 0 aliphatic carbocycles. The summed E-state index contributed by atoms with van der Waals surface area (Å²) in [6, 6.07) is 22.4. The quantitative estimate of drug-likeness (QED) is 0.103. The van der Waals surface area contributed by atoms with Crippen LogP contribution in [0.3, 0.4) is 0 Å². The summed E-state index contributed by atoms with van der Waals surface area (Å²) in [7, 11) is 0. The van der Waals surface area contributed by atoms with Crippen LogP contribution in [-0.2, 0) is 26.2 Å². The minimum Gasteiger partial charge on any atom is -1.00 e. The van der Waals surface area contributed by atoms with Gasteiger partial charge in [0.15, 0.2) is 24.8 Å². The van der Waals surface area contributed by atoms with Crippen molar-refractivity contribution in [1.82, 2.24) is 9.13 Å². The second kappa shape index (κ2) is 14.8. The Kier molecular flexibility index (Phi) is 11.5. The van der Waals surface area contributed by atoms with E-state index in [0.29, 0.717) is 0 Å². The Morgan fingerprint density at radius 3 is 1.24 bits per heavy atom. The topological polar surface area (TPSA) is 17.6 Å². The molecule has 0 saturated heterocycles. The van der Waals surface area contributed by atoms with E-state index in [4.69, 9.17) is 0 Å². The molecule has 41 heavy (non-hydrogen) atoms. The summed E-state index contributed by atoms with van der Waals surface area (Å²) < 4.78 is 9.64. The first-order valence-electron chi connectivity index (χ1n) is 15.1. The number of aromatic nitrogens is 4. The molecule has 0 aliphatic heterocycles. The first-order chi connectivity index (χ1) is 19.3. The Hall–Kier alpha value is -2.20. The molecule has 4 nitrogen and oxygen atoms in total. The summed E-state index contributed by atoms with van der Waals surface area (Å²) >= 11 is 0. The SMILES string of the molecule is CC[n+]1ccc2c(c1)c1ccccc1n2CCCCCCCCCn1c2ccccc2c2c[n+](CC)ccc21.[I-].[I-]. The van der Waals surface area contributed by atoms with E-state index in [-0.39, 0.29) is 48.0 Å². The average molecular weight is 773 g/mol. The molecular formula is C35H42I2N4. The van der Waals surface area contributed by atoms with Crippen molar-refractivity contribution in [2.45, 2.75) is 85.0 Å². The van der Waals surface area contributed by atoms with Gasteiger partial charge in [-0.3, -0.25) is 0 Å². The van der Waals surface area contributed by atoms with Gasteiger partial charge in [0, 0.05) is 47.0 Å². The first kappa shape index (κ1) is 31.7. The van der Waals surface area contributed by atoms with Gasteiger partial charge in [-0.2, -0.15) is 0 Å². The third-order valence-corrected chi connectivity index (χ3v) is 8.53. The van der Waals surface area contributed by atoms with E-state index in [1.165, 1.54) is 88.6 Å². The fourth-order valence-electron chi connectivity index (χ4n) is 6.38. The summed E-state index contributed by atoms with van der Waals surface area (Å²) in [6.07, 6.45) is 18.2. The van der Waals surface area contributed by atoms with Crippen molar-refractivity contribution < 1.29 is 57.1 Å². The van der Waals surface area contributed by atoms with Crippen LogP contribution < -0.4 is 57.1 Å². The highest BCUT2D eigenvalue weighted by Crippen LogP contribution is 2.29. The number of para-hydroxylation sites is 2. The van der Waals surface area contributed by atoms with Crippen LogP contribution in [-0.4, -0.2) is 9.13 Å². The van der Waals surface area contributed by atoms with E-state index in [9.17, 15) is 0 Å². The molecule has 0 saturated carbocycles. The van der Waals surface area contributed by atoms with Crippen molar-refractivity contribution in [1.29, 1.82) is 0 Å². The largest absolute Gasteiger partial charge is 1.00 e. The molecule has 0 unspecified atom stereocenters. The van der Waals surface area contributed by atoms with Crippen molar-refractivity contribution in [2.75, 3.05) is 0 Å². The van der Waals surface area contributed by atoms with Gasteiger partial charge in [-0.25, -0.2) is 9.13 Å². The molecule has 4 heterocycles. The number of fused-ring (bicyclic) bond motifs is 6. The van der Waals surface area contributed by atoms with E-state index in [1.54, 1.807) is 0 Å². The van der Waals surface area contributed by atoms with Gasteiger partial charge in [-0.05, 0) is 38.8 Å². The highest BCUT2D eigenvalue weighted by atomic mass is 127. The number of benzene rings is 2. The Labute approximate surface area is 278 Å². The van der Waals surface area contributed by atoms with E-state index in [0.717, 1.165) is 26.2 Å². The fourth-order valence-corrected chi connectivity index (χ4v) is 6.38. The summed E-state index contributed by atoms with van der Waals surface area (Å²) in [5.41, 5.74) is 5.48. The second-order valence-corrected chi connectivity index (χ2v) is 11.0. The van der Waals surface area contributed by atoms with Crippen LogP contribution >= 0.6 is 0 Å². The molecule has 216 valence electrons. The van der Waals surface area contributed by atoms with Crippen LogP contribution in [0.25, 0.3) is 43.6 Å². The van der Waals surface area contributed by atoms with Crippen LogP contribution in [0.1, 0.15) is 58.8 Å². The number of unbranched alkanes of at least 4 members (excludes halogenated alkanes) is 6. The van der Waals surface area contributed by atoms with Crippen LogP contribution in [0.5, 0.6) is 0 Å². The number of halogens is 2. The molecule has 0 spiro atoms. The predicted octanol–water partition coefficient (Wildman–Crippen LogP) is 1.96. The van der Waals surface area contributed by atoms with Crippen molar-refractivity contribution >= 4 is 43.6 Å². The lowest BCUT2D eigenvalue weighted by Crippen LogP contribution is -3.00. The van der Waals surface area contributed by atoms with Crippen molar-refractivity contribution in [3.05, 3.63) is 85.5 Å². The Bertz CT molecular complexity index is 1610. The zero-order chi connectivity index (χ0) is 26.6. The van der Waals surface area contributed by atoms with Gasteiger partial charge in [0.1, 0.15) is 13.1 Å². The molecule has 0 amide bonds. The summed E-state index contributed by atoms with van der Waals surface area (Å²) in [5.74, 6) is 0. The van der Waals surface area contributed by atoms with Crippen LogP contribution in [0.15, 0.2) is 85.5 Å². The van der Waals surface area contributed by atoms with E-state index in [1.807, 2.05) is 0 Å². The number of nitrogens with zero attached hydrogens (tertiary/aromatic N) is 4. The molecule has 0 aliphatic rings. The molecule has 4 aromatic heterocycles. The second-order valence-electron chi connectivity index (χ2n) is 11.0. The minimum absolute atomic E-state index is 0. The van der Waals surface area contributed by atoms with Gasteiger partial charge >= 0.3 is 0 Å². The summed E-state index contributed by atoms with van der Waals surface area (Å²) in [6.45, 7) is 8.63. The number of hydrogen-bond acceptors (Lipinski definition) is 0. The van der Waals surface area contributed by atoms with Crippen molar-refractivity contribution in [2.24, 2.45) is 0 Å². The van der Waals surface area contributed by atoms with Crippen LogP contribution in [0.2, 0.25) is 0 Å². The maximum atomic E-state index is 2.54. The van der Waals surface area contributed by atoms with Gasteiger partial charge in [-0.1, -0.05) is 68.5 Å². The monoisotopic (exact) mass is 772 g/mol. The highest BCUT2D eigenvalue weighted by Gasteiger charge is 2.14. The molecule has 6 rings (SSSR count). The molecule has 6 aromatic rings. The van der Waals surface area contributed by atoms with Gasteiger partial charge in [-0.15, -0.1) is 0 Å². The Balaban J connectivity index is 0.00000194. The smallest absolute Gasteiger partial charge is 0.178 e. The molecule has 0 fully saturated rings. The molecule has 2 aromatic carbocycles. The van der Waals surface area contributed by atoms with Crippen molar-refractivity contribution in [3.63, 3.8) is 0 Å². The first-order valence-corrected chi connectivity index (χ1v) is 15.1. The normalized spacial score (nSPS) is 11.4. The van der Waals surface area contributed by atoms with Gasteiger partial charge in [0.25, 0.3) is 0 Å². The molecular weight excluding hydrogens is 730 g/mol. The fraction of sp³-hybridized carbons (Fsp3) is 0.371. The van der Waals surface area contributed by atoms with Crippen molar-refractivity contribution in [3.8, 4) is 0 Å². The van der Waals surface area contributed by atoms with E-state index >= 15 is 0 Å². The lowest BCUT2D eigenvalue weighted by Gasteiger charge is -2.08. The van der Waals surface area contributed by atoms with Crippen LogP contribution in [0.4, 0.5) is 0 Å².